The maximum absolute atomic E-state index is 13.7. The molecular formula is C28H33ClN2O4S. The zero-order chi connectivity index (χ0) is 26.5. The Hall–Kier alpha value is -3.03. The van der Waals surface area contributed by atoms with Crippen LogP contribution in [0.2, 0.25) is 5.02 Å². The van der Waals surface area contributed by atoms with Gasteiger partial charge in [0.15, 0.2) is 0 Å². The summed E-state index contributed by atoms with van der Waals surface area (Å²) < 4.78 is 33.9. The highest BCUT2D eigenvalue weighted by molar-refractivity contribution is 7.92. The van der Waals surface area contributed by atoms with Gasteiger partial charge in [-0.1, -0.05) is 61.3 Å². The van der Waals surface area contributed by atoms with E-state index in [1.165, 1.54) is 0 Å². The van der Waals surface area contributed by atoms with Gasteiger partial charge in [0.05, 0.1) is 23.7 Å². The zero-order valence-corrected chi connectivity index (χ0v) is 22.9. The van der Waals surface area contributed by atoms with Gasteiger partial charge in [-0.05, 0) is 73.7 Å². The minimum atomic E-state index is -4.04. The number of benzene rings is 3. The number of methoxy groups -OCH3 is 1. The summed E-state index contributed by atoms with van der Waals surface area (Å²) in [5, 5.41) is 3.44. The molecule has 3 aromatic carbocycles. The number of sulfonamides is 1. The number of anilines is 1. The molecule has 8 heteroatoms. The predicted octanol–water partition coefficient (Wildman–Crippen LogP) is 6.06. The Morgan fingerprint density at radius 3 is 2.22 bits per heavy atom. The van der Waals surface area contributed by atoms with Crippen molar-refractivity contribution in [1.29, 1.82) is 0 Å². The van der Waals surface area contributed by atoms with Gasteiger partial charge in [-0.2, -0.15) is 0 Å². The Bertz CT molecular complexity index is 1290. The number of rotatable bonds is 10. The normalized spacial score (nSPS) is 12.3. The van der Waals surface area contributed by atoms with Crippen LogP contribution in [0.25, 0.3) is 0 Å². The first-order valence-corrected chi connectivity index (χ1v) is 13.6. The summed E-state index contributed by atoms with van der Waals surface area (Å²) in [5.74, 6) is 0.617. The molecular weight excluding hydrogens is 496 g/mol. The maximum atomic E-state index is 13.7. The highest BCUT2D eigenvalue weighted by Gasteiger charge is 2.29. The number of hydrogen-bond acceptors (Lipinski definition) is 4. The molecule has 6 nitrogen and oxygen atoms in total. The molecule has 1 amide bonds. The second-order valence-electron chi connectivity index (χ2n) is 9.28. The van der Waals surface area contributed by atoms with E-state index >= 15 is 0 Å². The highest BCUT2D eigenvalue weighted by Crippen LogP contribution is 2.30. The van der Waals surface area contributed by atoms with E-state index in [1.54, 1.807) is 56.5 Å². The lowest BCUT2D eigenvalue weighted by atomic mass is 9.97. The molecule has 36 heavy (non-hydrogen) atoms. The summed E-state index contributed by atoms with van der Waals surface area (Å²) in [4.78, 5) is 13.5. The number of carbonyl (C=O) groups is 1. The largest absolute Gasteiger partial charge is 0.497 e. The fraction of sp³-hybridized carbons (Fsp3) is 0.321. The summed E-state index contributed by atoms with van der Waals surface area (Å²) in [6.07, 6.45) is 0.693. The van der Waals surface area contributed by atoms with Crippen molar-refractivity contribution < 1.29 is 17.9 Å². The van der Waals surface area contributed by atoms with E-state index in [2.05, 4.69) is 19.2 Å². The number of halogens is 1. The van der Waals surface area contributed by atoms with Crippen molar-refractivity contribution in [2.75, 3.05) is 18.0 Å². The molecule has 0 bridgehead atoms. The third kappa shape index (κ3) is 6.80. The van der Waals surface area contributed by atoms with E-state index in [0.717, 1.165) is 21.2 Å². The molecule has 3 rings (SSSR count). The van der Waals surface area contributed by atoms with Gasteiger partial charge in [-0.25, -0.2) is 8.42 Å². The molecule has 0 heterocycles. The van der Waals surface area contributed by atoms with Gasteiger partial charge < -0.3 is 10.1 Å². The van der Waals surface area contributed by atoms with Crippen molar-refractivity contribution in [1.82, 2.24) is 5.32 Å². The molecule has 0 aliphatic heterocycles. The van der Waals surface area contributed by atoms with Crippen LogP contribution >= 0.6 is 11.6 Å². The van der Waals surface area contributed by atoms with Gasteiger partial charge in [0.25, 0.3) is 10.0 Å². The van der Waals surface area contributed by atoms with E-state index < -0.39 is 15.9 Å². The minimum Gasteiger partial charge on any atom is -0.497 e. The Kier molecular flexibility index (Phi) is 9.03. The summed E-state index contributed by atoms with van der Waals surface area (Å²) >= 11 is 6.23. The number of aryl methyl sites for hydroxylation is 2. The fourth-order valence-electron chi connectivity index (χ4n) is 3.94. The molecule has 0 fully saturated rings. The molecule has 0 aromatic heterocycles. The first-order valence-electron chi connectivity index (χ1n) is 11.8. The van der Waals surface area contributed by atoms with Gasteiger partial charge in [-0.15, -0.1) is 0 Å². The predicted molar refractivity (Wildman–Crippen MR) is 145 cm³/mol. The van der Waals surface area contributed by atoms with Crippen LogP contribution in [0, 0.1) is 19.8 Å². The van der Waals surface area contributed by atoms with Crippen molar-refractivity contribution in [2.45, 2.75) is 45.1 Å². The van der Waals surface area contributed by atoms with Crippen molar-refractivity contribution in [3.8, 4) is 5.75 Å². The average molecular weight is 529 g/mol. The summed E-state index contributed by atoms with van der Waals surface area (Å²) in [7, 11) is -2.44. The molecule has 0 spiro atoms. The van der Waals surface area contributed by atoms with E-state index in [-0.39, 0.29) is 17.5 Å². The van der Waals surface area contributed by atoms with Gasteiger partial charge in [0, 0.05) is 5.02 Å². The van der Waals surface area contributed by atoms with Gasteiger partial charge in [0.1, 0.15) is 12.3 Å². The molecule has 0 aliphatic rings. The molecule has 1 N–H and O–H groups in total. The van der Waals surface area contributed by atoms with Crippen molar-refractivity contribution in [2.24, 2.45) is 5.92 Å². The number of nitrogens with zero attached hydrogens (tertiary/aromatic N) is 1. The van der Waals surface area contributed by atoms with E-state index in [1.807, 2.05) is 31.2 Å². The van der Waals surface area contributed by atoms with Crippen LogP contribution in [-0.4, -0.2) is 28.0 Å². The third-order valence-electron chi connectivity index (χ3n) is 5.90. The highest BCUT2D eigenvalue weighted by atomic mass is 35.5. The third-order valence-corrected chi connectivity index (χ3v) is 7.91. The van der Waals surface area contributed by atoms with Crippen LogP contribution in [0.1, 0.15) is 43.0 Å². The van der Waals surface area contributed by atoms with Crippen LogP contribution in [0.15, 0.2) is 71.6 Å². The molecule has 0 aliphatic carbocycles. The standard InChI is InChI=1S/C28H33ClN2O4S/c1-19(2)16-26(22-9-12-24(35-5)13-10-22)30-28(32)18-31(27-17-23(29)11-8-21(27)4)36(33,34)25-14-6-20(3)7-15-25/h6-15,17,19,26H,16,18H2,1-5H3,(H,30,32). The maximum Gasteiger partial charge on any atom is 0.264 e. The molecule has 192 valence electrons. The molecule has 0 radical (unpaired) electrons. The zero-order valence-electron chi connectivity index (χ0n) is 21.3. The number of nitrogens with one attached hydrogen (secondary N) is 1. The molecule has 0 saturated heterocycles. The van der Waals surface area contributed by atoms with Crippen molar-refractivity contribution in [3.05, 3.63) is 88.4 Å². The summed E-state index contributed by atoms with van der Waals surface area (Å²) in [5.41, 5.74) is 2.91. The Morgan fingerprint density at radius 2 is 1.64 bits per heavy atom. The molecule has 0 saturated carbocycles. The monoisotopic (exact) mass is 528 g/mol. The van der Waals surface area contributed by atoms with Crippen molar-refractivity contribution >= 4 is 33.2 Å². The smallest absolute Gasteiger partial charge is 0.264 e. The van der Waals surface area contributed by atoms with Crippen LogP contribution in [0.5, 0.6) is 5.75 Å². The van der Waals surface area contributed by atoms with Crippen LogP contribution in [-0.2, 0) is 14.8 Å². The second kappa shape index (κ2) is 11.8. The number of amides is 1. The second-order valence-corrected chi connectivity index (χ2v) is 11.6. The van der Waals surface area contributed by atoms with Crippen molar-refractivity contribution in [3.63, 3.8) is 0 Å². The number of ether oxygens (including phenoxy) is 1. The quantitative estimate of drug-likeness (QED) is 0.347. The first kappa shape index (κ1) is 27.6. The van der Waals surface area contributed by atoms with Crippen LogP contribution in [0.4, 0.5) is 5.69 Å². The summed E-state index contributed by atoms with van der Waals surface area (Å²) in [6.45, 7) is 7.44. The fourth-order valence-corrected chi connectivity index (χ4v) is 5.59. The SMILES string of the molecule is COc1ccc(C(CC(C)C)NC(=O)CN(c2cc(Cl)ccc2C)S(=O)(=O)c2ccc(C)cc2)cc1. The Balaban J connectivity index is 1.96. The van der Waals surface area contributed by atoms with Crippen LogP contribution < -0.4 is 14.4 Å². The lowest BCUT2D eigenvalue weighted by Crippen LogP contribution is -2.42. The van der Waals surface area contributed by atoms with E-state index in [9.17, 15) is 13.2 Å². The topological polar surface area (TPSA) is 75.7 Å². The minimum absolute atomic E-state index is 0.106. The summed E-state index contributed by atoms with van der Waals surface area (Å²) in [6, 6.07) is 18.8. The van der Waals surface area contributed by atoms with E-state index in [0.29, 0.717) is 28.6 Å². The van der Waals surface area contributed by atoms with Gasteiger partial charge in [0.2, 0.25) is 5.91 Å². The Labute approximate surface area is 219 Å². The van der Waals surface area contributed by atoms with Crippen LogP contribution in [0.3, 0.4) is 0 Å². The molecule has 3 aromatic rings. The van der Waals surface area contributed by atoms with E-state index in [4.69, 9.17) is 16.3 Å². The number of carbonyl (C=O) groups excluding carboxylic acids is 1. The first-order chi connectivity index (χ1) is 17.0. The average Bonchev–Trinajstić information content (AvgIpc) is 2.84. The molecule has 1 unspecified atom stereocenters. The van der Waals surface area contributed by atoms with Gasteiger partial charge >= 0.3 is 0 Å². The van der Waals surface area contributed by atoms with Gasteiger partial charge in [-0.3, -0.25) is 9.10 Å². The lowest BCUT2D eigenvalue weighted by molar-refractivity contribution is -0.120. The molecule has 1 atom stereocenters. The Morgan fingerprint density at radius 1 is 1.00 bits per heavy atom. The number of hydrogen-bond donors (Lipinski definition) is 1. The lowest BCUT2D eigenvalue weighted by Gasteiger charge is -2.28.